The van der Waals surface area contributed by atoms with E-state index in [4.69, 9.17) is 16.3 Å². The highest BCUT2D eigenvalue weighted by Gasteiger charge is 2.20. The Labute approximate surface area is 166 Å². The molecule has 28 heavy (non-hydrogen) atoms. The van der Waals surface area contributed by atoms with Crippen molar-refractivity contribution in [2.24, 2.45) is 5.10 Å². The molecular formula is C20H19ClN4O3. The van der Waals surface area contributed by atoms with Gasteiger partial charge in [-0.2, -0.15) is 5.10 Å². The van der Waals surface area contributed by atoms with Crippen LogP contribution in [-0.4, -0.2) is 28.2 Å². The van der Waals surface area contributed by atoms with E-state index >= 15 is 0 Å². The lowest BCUT2D eigenvalue weighted by atomic mass is 10.0. The minimum absolute atomic E-state index is 0.210. The number of aryl methyl sites for hydroxylation is 1. The Hall–Kier alpha value is -3.32. The Bertz CT molecular complexity index is 1050. The van der Waals surface area contributed by atoms with Gasteiger partial charge in [0.25, 0.3) is 5.56 Å². The van der Waals surface area contributed by atoms with Crippen LogP contribution in [0.3, 0.4) is 0 Å². The molecule has 0 radical (unpaired) electrons. The summed E-state index contributed by atoms with van der Waals surface area (Å²) in [6.45, 7) is 3.67. The van der Waals surface area contributed by atoms with Crippen molar-refractivity contribution in [3.05, 3.63) is 86.8 Å². The summed E-state index contributed by atoms with van der Waals surface area (Å²) in [5.41, 5.74) is 4.60. The average Bonchev–Trinajstić information content (AvgIpc) is 2.99. The molecule has 8 heteroatoms. The predicted octanol–water partition coefficient (Wildman–Crippen LogP) is 3.63. The number of ether oxygens (including phenoxy) is 1. The second-order valence-corrected chi connectivity index (χ2v) is 6.32. The molecule has 0 spiro atoms. The number of H-pyrrole nitrogens is 1. The van der Waals surface area contributed by atoms with Gasteiger partial charge in [0.15, 0.2) is 0 Å². The molecule has 0 aliphatic rings. The van der Waals surface area contributed by atoms with Crippen molar-refractivity contribution in [3.63, 3.8) is 0 Å². The fraction of sp³-hybridized carbons (Fsp3) is 0.150. The molecule has 0 aliphatic carbocycles. The van der Waals surface area contributed by atoms with E-state index in [1.165, 1.54) is 4.68 Å². The zero-order chi connectivity index (χ0) is 20.1. The zero-order valence-corrected chi connectivity index (χ0v) is 16.2. The molecule has 0 saturated carbocycles. The molecule has 0 saturated heterocycles. The van der Waals surface area contributed by atoms with Gasteiger partial charge in [0.05, 0.1) is 17.9 Å². The fourth-order valence-corrected chi connectivity index (χ4v) is 2.85. The summed E-state index contributed by atoms with van der Waals surface area (Å²) in [4.78, 5) is 24.8. The molecule has 7 nitrogen and oxygen atoms in total. The van der Waals surface area contributed by atoms with Gasteiger partial charge in [-0.25, -0.2) is 14.9 Å². The highest BCUT2D eigenvalue weighted by Crippen LogP contribution is 2.16. The van der Waals surface area contributed by atoms with Crippen molar-refractivity contribution in [1.82, 2.24) is 15.2 Å². The molecule has 0 aliphatic heterocycles. The van der Waals surface area contributed by atoms with Gasteiger partial charge in [-0.1, -0.05) is 41.9 Å². The van der Waals surface area contributed by atoms with Crippen molar-refractivity contribution < 1.29 is 9.53 Å². The molecule has 3 aromatic rings. The van der Waals surface area contributed by atoms with Crippen LogP contribution in [0.25, 0.3) is 5.69 Å². The van der Waals surface area contributed by atoms with E-state index in [2.05, 4.69) is 15.6 Å². The molecule has 1 heterocycles. The lowest BCUT2D eigenvalue weighted by Gasteiger charge is -2.07. The van der Waals surface area contributed by atoms with Crippen molar-refractivity contribution in [2.45, 2.75) is 13.8 Å². The van der Waals surface area contributed by atoms with Crippen LogP contribution in [-0.2, 0) is 4.74 Å². The minimum atomic E-state index is -0.703. The van der Waals surface area contributed by atoms with Crippen molar-refractivity contribution in [2.75, 3.05) is 6.61 Å². The summed E-state index contributed by atoms with van der Waals surface area (Å²) in [5, 5.41) is 7.76. The number of hydrogen-bond acceptors (Lipinski definition) is 4. The molecule has 3 rings (SSSR count). The first kappa shape index (κ1) is 19.4. The van der Waals surface area contributed by atoms with Crippen molar-refractivity contribution >= 4 is 23.4 Å². The largest absolute Gasteiger partial charge is 0.449 e. The first-order chi connectivity index (χ1) is 13.5. The number of rotatable bonds is 5. The monoisotopic (exact) mass is 398 g/mol. The van der Waals surface area contributed by atoms with Crippen LogP contribution in [0.2, 0.25) is 5.02 Å². The number of carbonyl (C=O) groups is 1. The molecule has 2 N–H and O–H groups in total. The third-order valence-electron chi connectivity index (χ3n) is 3.97. The molecule has 1 aromatic heterocycles. The number of hydrogen-bond donors (Lipinski definition) is 2. The molecule has 0 bridgehead atoms. The van der Waals surface area contributed by atoms with E-state index in [1.54, 1.807) is 38.1 Å². The van der Waals surface area contributed by atoms with Crippen LogP contribution < -0.4 is 11.0 Å². The Morgan fingerprint density at radius 3 is 2.50 bits per heavy atom. The average molecular weight is 399 g/mol. The molecule has 144 valence electrons. The Balaban J connectivity index is 2.12. The standard InChI is InChI=1S/C20H19ClN4O3/c1-3-28-20(27)23-22-18(14-9-11-15(21)12-10-14)17-13(2)24-25(19(17)26)16-7-5-4-6-8-16/h4-12,24H,3H2,1-2H3,(H,23,27)/b22-18-. The molecule has 0 atom stereocenters. The number of halogens is 1. The van der Waals surface area contributed by atoms with Crippen LogP contribution in [0.15, 0.2) is 64.5 Å². The lowest BCUT2D eigenvalue weighted by Crippen LogP contribution is -2.25. The maximum absolute atomic E-state index is 13.1. The van der Waals surface area contributed by atoms with Crippen molar-refractivity contribution in [3.8, 4) is 5.69 Å². The summed E-state index contributed by atoms with van der Waals surface area (Å²) in [6.07, 6.45) is -0.703. The number of para-hydroxylation sites is 1. The highest BCUT2D eigenvalue weighted by molar-refractivity contribution is 6.30. The third-order valence-corrected chi connectivity index (χ3v) is 4.23. The summed E-state index contributed by atoms with van der Waals surface area (Å²) in [6, 6.07) is 16.0. The maximum atomic E-state index is 13.1. The van der Waals surface area contributed by atoms with Gasteiger partial charge in [0.2, 0.25) is 0 Å². The Morgan fingerprint density at radius 1 is 1.18 bits per heavy atom. The first-order valence-electron chi connectivity index (χ1n) is 8.65. The lowest BCUT2D eigenvalue weighted by molar-refractivity contribution is 0.152. The van der Waals surface area contributed by atoms with E-state index in [9.17, 15) is 9.59 Å². The van der Waals surface area contributed by atoms with E-state index in [-0.39, 0.29) is 12.2 Å². The van der Waals surface area contributed by atoms with Gasteiger partial charge in [-0.3, -0.25) is 9.89 Å². The maximum Gasteiger partial charge on any atom is 0.427 e. The van der Waals surface area contributed by atoms with E-state index < -0.39 is 6.09 Å². The quantitative estimate of drug-likeness (QED) is 0.508. The Morgan fingerprint density at radius 2 is 1.86 bits per heavy atom. The van der Waals surface area contributed by atoms with Crippen LogP contribution in [0.5, 0.6) is 0 Å². The zero-order valence-electron chi connectivity index (χ0n) is 15.4. The van der Waals surface area contributed by atoms with E-state index in [1.807, 2.05) is 30.3 Å². The van der Waals surface area contributed by atoms with Crippen LogP contribution >= 0.6 is 11.6 Å². The molecular weight excluding hydrogens is 380 g/mol. The predicted molar refractivity (Wildman–Crippen MR) is 108 cm³/mol. The summed E-state index contributed by atoms with van der Waals surface area (Å²) in [5.74, 6) is 0. The summed E-state index contributed by atoms with van der Waals surface area (Å²) < 4.78 is 6.28. The van der Waals surface area contributed by atoms with Crippen LogP contribution in [0.1, 0.15) is 23.7 Å². The SMILES string of the molecule is CCOC(=O)N/N=C(/c1ccc(Cl)cc1)c1c(C)[nH]n(-c2ccccc2)c1=O. The van der Waals surface area contributed by atoms with Gasteiger partial charge < -0.3 is 4.74 Å². The number of aromatic amines is 1. The number of benzene rings is 2. The third kappa shape index (κ3) is 4.15. The number of nitrogens with one attached hydrogen (secondary N) is 2. The van der Waals surface area contributed by atoms with Crippen molar-refractivity contribution in [1.29, 1.82) is 0 Å². The number of aromatic nitrogens is 2. The molecule has 2 aromatic carbocycles. The first-order valence-corrected chi connectivity index (χ1v) is 9.03. The summed E-state index contributed by atoms with van der Waals surface area (Å²) >= 11 is 5.98. The Kier molecular flexibility index (Phi) is 5.96. The van der Waals surface area contributed by atoms with Gasteiger partial charge in [0.1, 0.15) is 5.71 Å². The summed E-state index contributed by atoms with van der Waals surface area (Å²) in [7, 11) is 0. The second kappa shape index (κ2) is 8.58. The number of amides is 1. The van der Waals surface area contributed by atoms with Gasteiger partial charge >= 0.3 is 6.09 Å². The van der Waals surface area contributed by atoms with Crippen LogP contribution in [0.4, 0.5) is 4.79 Å². The number of nitrogens with zero attached hydrogens (tertiary/aromatic N) is 2. The molecule has 1 amide bonds. The van der Waals surface area contributed by atoms with Gasteiger partial charge in [0, 0.05) is 16.3 Å². The minimum Gasteiger partial charge on any atom is -0.449 e. The van der Waals surface area contributed by atoms with Crippen LogP contribution in [0, 0.1) is 6.92 Å². The topological polar surface area (TPSA) is 88.5 Å². The fourth-order valence-electron chi connectivity index (χ4n) is 2.72. The molecule has 0 fully saturated rings. The smallest absolute Gasteiger partial charge is 0.427 e. The second-order valence-electron chi connectivity index (χ2n) is 5.89. The molecule has 0 unspecified atom stereocenters. The van der Waals surface area contributed by atoms with E-state index in [0.717, 1.165) is 0 Å². The number of hydrazone groups is 1. The van der Waals surface area contributed by atoms with Gasteiger partial charge in [-0.05, 0) is 38.1 Å². The van der Waals surface area contributed by atoms with E-state index in [0.29, 0.717) is 33.2 Å². The van der Waals surface area contributed by atoms with Gasteiger partial charge in [-0.15, -0.1) is 0 Å². The number of carbonyl (C=O) groups excluding carboxylic acids is 1. The normalized spacial score (nSPS) is 11.3. The highest BCUT2D eigenvalue weighted by atomic mass is 35.5.